The maximum absolute atomic E-state index is 12.4. The number of hydrogen-bond acceptors (Lipinski definition) is 4. The van der Waals surface area contributed by atoms with Crippen LogP contribution in [0.3, 0.4) is 0 Å². The molecular weight excluding hydrogens is 411 g/mol. The summed E-state index contributed by atoms with van der Waals surface area (Å²) in [5, 5.41) is 9.14. The summed E-state index contributed by atoms with van der Waals surface area (Å²) in [6, 6.07) is 10.4. The second kappa shape index (κ2) is 12.4. The molecule has 158 valence electrons. The van der Waals surface area contributed by atoms with Gasteiger partial charge < -0.3 is 16.0 Å². The van der Waals surface area contributed by atoms with Gasteiger partial charge in [0.05, 0.1) is 0 Å². The Hall–Kier alpha value is -2.15. The summed E-state index contributed by atoms with van der Waals surface area (Å²) < 4.78 is 0. The van der Waals surface area contributed by atoms with Crippen LogP contribution in [0.25, 0.3) is 0 Å². The van der Waals surface area contributed by atoms with Gasteiger partial charge in [-0.15, -0.1) is 24.8 Å². The van der Waals surface area contributed by atoms with Crippen molar-refractivity contribution in [3.05, 3.63) is 54.4 Å². The van der Waals surface area contributed by atoms with Gasteiger partial charge in [0.1, 0.15) is 0 Å². The van der Waals surface area contributed by atoms with Gasteiger partial charge in [-0.25, -0.2) is 0 Å². The van der Waals surface area contributed by atoms with Gasteiger partial charge in [0, 0.05) is 35.8 Å². The highest BCUT2D eigenvalue weighted by molar-refractivity contribution is 6.05. The first-order chi connectivity index (χ1) is 13.1. The van der Waals surface area contributed by atoms with Crippen LogP contribution in [0.1, 0.15) is 36.5 Å². The summed E-state index contributed by atoms with van der Waals surface area (Å²) in [6.07, 6.45) is 6.07. The molecule has 0 saturated carbocycles. The summed E-state index contributed by atoms with van der Waals surface area (Å²) in [5.74, 6) is 0.636. The number of hydrogen-bond donors (Lipinski definition) is 3. The quantitative estimate of drug-likeness (QED) is 0.632. The van der Waals surface area contributed by atoms with Gasteiger partial charge >= 0.3 is 0 Å². The molecule has 0 radical (unpaired) electrons. The van der Waals surface area contributed by atoms with Crippen LogP contribution >= 0.6 is 24.8 Å². The average molecular weight is 439 g/mol. The third-order valence-electron chi connectivity index (χ3n) is 4.99. The first-order valence-electron chi connectivity index (χ1n) is 9.44. The fourth-order valence-corrected chi connectivity index (χ4v) is 3.41. The molecule has 8 heteroatoms. The number of carbonyl (C=O) groups is 2. The predicted octanol–water partition coefficient (Wildman–Crippen LogP) is 4.14. The van der Waals surface area contributed by atoms with E-state index in [9.17, 15) is 9.59 Å². The second-order valence-corrected chi connectivity index (χ2v) is 7.11. The van der Waals surface area contributed by atoms with Crippen molar-refractivity contribution >= 4 is 48.0 Å². The van der Waals surface area contributed by atoms with Crippen LogP contribution in [0.5, 0.6) is 0 Å². The maximum Gasteiger partial charge on any atom is 0.255 e. The monoisotopic (exact) mass is 438 g/mol. The molecular formula is C21H28Cl2N4O2. The zero-order valence-electron chi connectivity index (χ0n) is 16.4. The topological polar surface area (TPSA) is 83.1 Å². The number of halogens is 2. The van der Waals surface area contributed by atoms with Crippen molar-refractivity contribution in [2.24, 2.45) is 11.8 Å². The summed E-state index contributed by atoms with van der Waals surface area (Å²) in [7, 11) is 0. The van der Waals surface area contributed by atoms with Crippen LogP contribution in [0, 0.1) is 11.8 Å². The molecule has 3 N–H and O–H groups in total. The molecule has 2 heterocycles. The molecule has 0 spiro atoms. The van der Waals surface area contributed by atoms with Crippen molar-refractivity contribution in [3.8, 4) is 0 Å². The zero-order chi connectivity index (χ0) is 19.1. The number of aromatic nitrogens is 1. The van der Waals surface area contributed by atoms with Crippen LogP contribution in [0.15, 0.2) is 48.8 Å². The lowest BCUT2D eigenvalue weighted by Gasteiger charge is -2.28. The van der Waals surface area contributed by atoms with Crippen LogP contribution in [0.2, 0.25) is 0 Å². The molecule has 0 bridgehead atoms. The van der Waals surface area contributed by atoms with E-state index in [1.807, 2.05) is 0 Å². The second-order valence-electron chi connectivity index (χ2n) is 7.11. The van der Waals surface area contributed by atoms with E-state index >= 15 is 0 Å². The molecule has 2 atom stereocenters. The molecule has 1 aromatic carbocycles. The Morgan fingerprint density at radius 2 is 1.90 bits per heavy atom. The molecule has 29 heavy (non-hydrogen) atoms. The fourth-order valence-electron chi connectivity index (χ4n) is 3.41. The maximum atomic E-state index is 12.4. The van der Waals surface area contributed by atoms with Gasteiger partial charge in [-0.05, 0) is 68.1 Å². The molecule has 1 aliphatic heterocycles. The Balaban J connectivity index is 0.00000210. The smallest absolute Gasteiger partial charge is 0.255 e. The van der Waals surface area contributed by atoms with Gasteiger partial charge in [0.15, 0.2) is 0 Å². The van der Waals surface area contributed by atoms with Crippen molar-refractivity contribution in [1.82, 2.24) is 10.3 Å². The van der Waals surface area contributed by atoms with Crippen molar-refractivity contribution in [3.63, 3.8) is 0 Å². The number of nitrogens with zero attached hydrogens (tertiary/aromatic N) is 1. The standard InChI is InChI=1S/C21H26N4O2.2ClH/c1-15(17-5-3-9-23-14-17)12-20(26)24-19-6-2-4-16(13-19)21(27)25-18-7-10-22-11-8-18;;/h2,4,6-8,10-11,13,15,17,23H,3,5,9,12,14H2,1H3,(H,24,26)(H,22,25,27);2*1H. The third kappa shape index (κ3) is 7.65. The van der Waals surface area contributed by atoms with E-state index in [1.54, 1.807) is 48.8 Å². The zero-order valence-corrected chi connectivity index (χ0v) is 18.0. The Kier molecular flexibility index (Phi) is 10.7. The first-order valence-corrected chi connectivity index (χ1v) is 9.44. The van der Waals surface area contributed by atoms with Gasteiger partial charge in [-0.1, -0.05) is 13.0 Å². The molecule has 3 rings (SSSR count). The predicted molar refractivity (Wildman–Crippen MR) is 121 cm³/mol. The number of rotatable bonds is 6. The van der Waals surface area contributed by atoms with E-state index in [1.165, 1.54) is 12.8 Å². The number of anilines is 2. The van der Waals surface area contributed by atoms with Crippen LogP contribution in [-0.4, -0.2) is 29.9 Å². The number of benzene rings is 1. The van der Waals surface area contributed by atoms with Crippen LogP contribution < -0.4 is 16.0 Å². The molecule has 2 amide bonds. The Bertz CT molecular complexity index is 783. The van der Waals surface area contributed by atoms with E-state index in [0.29, 0.717) is 35.2 Å². The average Bonchev–Trinajstić information content (AvgIpc) is 2.69. The van der Waals surface area contributed by atoms with Gasteiger partial charge in [-0.2, -0.15) is 0 Å². The summed E-state index contributed by atoms with van der Waals surface area (Å²) >= 11 is 0. The minimum Gasteiger partial charge on any atom is -0.326 e. The Morgan fingerprint density at radius 1 is 1.14 bits per heavy atom. The van der Waals surface area contributed by atoms with Crippen LogP contribution in [0.4, 0.5) is 11.4 Å². The highest BCUT2D eigenvalue weighted by Gasteiger charge is 2.22. The minimum absolute atomic E-state index is 0. The van der Waals surface area contributed by atoms with E-state index in [4.69, 9.17) is 0 Å². The van der Waals surface area contributed by atoms with Crippen molar-refractivity contribution in [2.75, 3.05) is 23.7 Å². The van der Waals surface area contributed by atoms with E-state index in [-0.39, 0.29) is 36.6 Å². The molecule has 1 saturated heterocycles. The lowest BCUT2D eigenvalue weighted by molar-refractivity contribution is -0.117. The summed E-state index contributed by atoms with van der Waals surface area (Å²) in [4.78, 5) is 28.7. The highest BCUT2D eigenvalue weighted by Crippen LogP contribution is 2.23. The molecule has 0 aliphatic carbocycles. The Labute approximate surface area is 184 Å². The number of pyridine rings is 1. The van der Waals surface area contributed by atoms with Crippen molar-refractivity contribution in [1.29, 1.82) is 0 Å². The summed E-state index contributed by atoms with van der Waals surface area (Å²) in [6.45, 7) is 4.19. The lowest BCUT2D eigenvalue weighted by atomic mass is 9.85. The SMILES string of the molecule is CC(CC(=O)Nc1cccc(C(=O)Nc2ccncc2)c1)C1CCCNC1.Cl.Cl. The van der Waals surface area contributed by atoms with E-state index in [0.717, 1.165) is 13.1 Å². The van der Waals surface area contributed by atoms with Gasteiger partial charge in [-0.3, -0.25) is 14.6 Å². The number of carbonyl (C=O) groups excluding carboxylic acids is 2. The highest BCUT2D eigenvalue weighted by atomic mass is 35.5. The van der Waals surface area contributed by atoms with Gasteiger partial charge in [0.25, 0.3) is 5.91 Å². The van der Waals surface area contributed by atoms with Crippen molar-refractivity contribution < 1.29 is 9.59 Å². The van der Waals surface area contributed by atoms with Crippen LogP contribution in [-0.2, 0) is 4.79 Å². The molecule has 2 aromatic rings. The third-order valence-corrected chi connectivity index (χ3v) is 4.99. The van der Waals surface area contributed by atoms with E-state index < -0.39 is 0 Å². The summed E-state index contributed by atoms with van der Waals surface area (Å²) in [5.41, 5.74) is 1.81. The van der Waals surface area contributed by atoms with E-state index in [2.05, 4.69) is 27.9 Å². The molecule has 1 fully saturated rings. The fraction of sp³-hybridized carbons (Fsp3) is 0.381. The molecule has 6 nitrogen and oxygen atoms in total. The molecule has 2 unspecified atom stereocenters. The molecule has 1 aliphatic rings. The number of piperidine rings is 1. The Morgan fingerprint density at radius 3 is 2.59 bits per heavy atom. The minimum atomic E-state index is -0.223. The van der Waals surface area contributed by atoms with Crippen molar-refractivity contribution in [2.45, 2.75) is 26.2 Å². The largest absolute Gasteiger partial charge is 0.326 e. The normalized spacial score (nSPS) is 16.5. The number of nitrogens with one attached hydrogen (secondary N) is 3. The number of amides is 2. The first kappa shape index (κ1) is 24.9. The van der Waals surface area contributed by atoms with Gasteiger partial charge in [0.2, 0.25) is 5.91 Å². The molecule has 1 aromatic heterocycles. The lowest BCUT2D eigenvalue weighted by Crippen LogP contribution is -2.34.